The van der Waals surface area contributed by atoms with Crippen LogP contribution in [0.4, 0.5) is 0 Å². The second-order valence-corrected chi connectivity index (χ2v) is 2.43. The van der Waals surface area contributed by atoms with Gasteiger partial charge in [-0.25, -0.2) is 4.98 Å². The van der Waals surface area contributed by atoms with Crippen molar-refractivity contribution in [2.24, 2.45) is 0 Å². The summed E-state index contributed by atoms with van der Waals surface area (Å²) in [4.78, 5) is 7.14. The molecule has 12 heavy (non-hydrogen) atoms. The third kappa shape index (κ3) is 1.14. The van der Waals surface area contributed by atoms with Gasteiger partial charge in [-0.1, -0.05) is 0 Å². The van der Waals surface area contributed by atoms with Crippen molar-refractivity contribution in [2.45, 2.75) is 6.42 Å². The smallest absolute Gasteiger partial charge is 0.199 e. The van der Waals surface area contributed by atoms with Crippen LogP contribution in [0, 0.1) is 0 Å². The lowest BCUT2D eigenvalue weighted by atomic mass is 10.4. The van der Waals surface area contributed by atoms with Crippen molar-refractivity contribution < 1.29 is 5.11 Å². The lowest BCUT2D eigenvalue weighted by Gasteiger charge is -1.86. The van der Waals surface area contributed by atoms with E-state index in [2.05, 4.69) is 20.2 Å². The minimum Gasteiger partial charge on any atom is -0.396 e. The lowest BCUT2D eigenvalue weighted by molar-refractivity contribution is 0.297. The van der Waals surface area contributed by atoms with Crippen LogP contribution in [0.2, 0.25) is 0 Å². The van der Waals surface area contributed by atoms with Crippen LogP contribution in [0.15, 0.2) is 12.3 Å². The summed E-state index contributed by atoms with van der Waals surface area (Å²) >= 11 is 0. The van der Waals surface area contributed by atoms with E-state index in [-0.39, 0.29) is 6.61 Å². The molecule has 0 bridgehead atoms. The average molecular weight is 164 g/mol. The second-order valence-electron chi connectivity index (χ2n) is 2.43. The third-order valence-corrected chi connectivity index (χ3v) is 1.57. The van der Waals surface area contributed by atoms with Crippen LogP contribution in [-0.4, -0.2) is 31.9 Å². The molecule has 0 aliphatic carbocycles. The molecule has 0 spiro atoms. The minimum absolute atomic E-state index is 0.0905. The Labute approximate surface area is 68.5 Å². The second kappa shape index (κ2) is 2.86. The predicted octanol–water partition coefficient (Wildman–Crippen LogP) is -0.112. The van der Waals surface area contributed by atoms with Crippen molar-refractivity contribution in [3.63, 3.8) is 0 Å². The first-order valence-electron chi connectivity index (χ1n) is 3.67. The molecule has 2 N–H and O–H groups in total. The van der Waals surface area contributed by atoms with Crippen LogP contribution in [0.5, 0.6) is 0 Å². The summed E-state index contributed by atoms with van der Waals surface area (Å²) in [5.74, 6) is 0.744. The molecule has 62 valence electrons. The molecule has 0 unspecified atom stereocenters. The van der Waals surface area contributed by atoms with Crippen LogP contribution in [-0.2, 0) is 6.42 Å². The summed E-state index contributed by atoms with van der Waals surface area (Å²) in [6.07, 6.45) is 2.12. The summed E-state index contributed by atoms with van der Waals surface area (Å²) in [6, 6.07) is 1.80. The molecule has 0 atom stereocenters. The van der Waals surface area contributed by atoms with E-state index < -0.39 is 0 Å². The van der Waals surface area contributed by atoms with Crippen molar-refractivity contribution in [1.29, 1.82) is 0 Å². The molecule has 5 heteroatoms. The first kappa shape index (κ1) is 7.17. The number of nitrogens with one attached hydrogen (secondary N) is 1. The zero-order chi connectivity index (χ0) is 8.39. The molecule has 2 heterocycles. The number of nitrogens with zero attached hydrogens (tertiary/aromatic N) is 3. The fraction of sp³-hybridized carbons (Fsp3) is 0.286. The fourth-order valence-electron chi connectivity index (χ4n) is 1.04. The number of aliphatic hydroxyl groups excluding tert-OH is 1. The van der Waals surface area contributed by atoms with E-state index >= 15 is 0 Å². The van der Waals surface area contributed by atoms with Gasteiger partial charge in [0, 0.05) is 6.42 Å². The molecule has 2 rings (SSSR count). The molecule has 0 radical (unpaired) electrons. The number of aliphatic hydroxyl groups is 1. The van der Waals surface area contributed by atoms with Gasteiger partial charge in [-0.3, -0.25) is 0 Å². The molecular formula is C7H8N4O. The molecule has 0 aromatic carbocycles. The van der Waals surface area contributed by atoms with Gasteiger partial charge in [0.25, 0.3) is 0 Å². The zero-order valence-corrected chi connectivity index (χ0v) is 6.36. The maximum Gasteiger partial charge on any atom is 0.199 e. The lowest BCUT2D eigenvalue weighted by Crippen LogP contribution is -1.91. The Kier molecular flexibility index (Phi) is 1.71. The highest BCUT2D eigenvalue weighted by Gasteiger charge is 2.01. The molecule has 0 saturated heterocycles. The normalized spacial score (nSPS) is 10.8. The van der Waals surface area contributed by atoms with E-state index in [4.69, 9.17) is 5.11 Å². The van der Waals surface area contributed by atoms with Gasteiger partial charge in [-0.05, 0) is 6.07 Å². The molecule has 2 aromatic rings. The van der Waals surface area contributed by atoms with Crippen LogP contribution in [0.25, 0.3) is 11.2 Å². The summed E-state index contributed by atoms with van der Waals surface area (Å²) < 4.78 is 0. The van der Waals surface area contributed by atoms with E-state index in [0.29, 0.717) is 12.1 Å². The summed E-state index contributed by atoms with van der Waals surface area (Å²) in [5, 5.41) is 16.2. The molecule has 0 fully saturated rings. The van der Waals surface area contributed by atoms with Gasteiger partial charge >= 0.3 is 0 Å². The molecule has 0 aliphatic heterocycles. The van der Waals surface area contributed by atoms with Gasteiger partial charge in [0.1, 0.15) is 5.82 Å². The molecule has 0 saturated carbocycles. The number of rotatable bonds is 2. The Morgan fingerprint density at radius 2 is 2.42 bits per heavy atom. The SMILES string of the molecule is OCCc1nc2nnccc2[nH]1. The van der Waals surface area contributed by atoms with Crippen molar-refractivity contribution in [1.82, 2.24) is 20.2 Å². The van der Waals surface area contributed by atoms with E-state index in [1.165, 1.54) is 0 Å². The first-order valence-corrected chi connectivity index (χ1v) is 3.67. The van der Waals surface area contributed by atoms with Crippen LogP contribution >= 0.6 is 0 Å². The van der Waals surface area contributed by atoms with E-state index in [9.17, 15) is 0 Å². The summed E-state index contributed by atoms with van der Waals surface area (Å²) in [7, 11) is 0. The van der Waals surface area contributed by atoms with Crippen molar-refractivity contribution in [2.75, 3.05) is 6.61 Å². The summed E-state index contributed by atoms with van der Waals surface area (Å²) in [5.41, 5.74) is 1.45. The Bertz CT molecular complexity index is 351. The number of imidazole rings is 1. The number of H-pyrrole nitrogens is 1. The fourth-order valence-corrected chi connectivity index (χ4v) is 1.04. The quantitative estimate of drug-likeness (QED) is 0.649. The highest BCUT2D eigenvalue weighted by molar-refractivity contribution is 5.69. The van der Waals surface area contributed by atoms with Crippen molar-refractivity contribution in [3.8, 4) is 0 Å². The maximum atomic E-state index is 8.65. The minimum atomic E-state index is 0.0905. The molecule has 0 amide bonds. The third-order valence-electron chi connectivity index (χ3n) is 1.57. The molecule has 5 nitrogen and oxygen atoms in total. The largest absolute Gasteiger partial charge is 0.396 e. The van der Waals surface area contributed by atoms with E-state index in [1.54, 1.807) is 12.3 Å². The average Bonchev–Trinajstić information content (AvgIpc) is 2.47. The first-order chi connectivity index (χ1) is 5.90. The van der Waals surface area contributed by atoms with Crippen LogP contribution < -0.4 is 0 Å². The van der Waals surface area contributed by atoms with E-state index in [0.717, 1.165) is 11.3 Å². The molecule has 2 aromatic heterocycles. The highest BCUT2D eigenvalue weighted by atomic mass is 16.3. The summed E-state index contributed by atoms with van der Waals surface area (Å²) in [6.45, 7) is 0.0905. The Morgan fingerprint density at radius 1 is 1.50 bits per heavy atom. The van der Waals surface area contributed by atoms with Gasteiger partial charge < -0.3 is 10.1 Å². The van der Waals surface area contributed by atoms with E-state index in [1.807, 2.05) is 0 Å². The van der Waals surface area contributed by atoms with Gasteiger partial charge in [0.15, 0.2) is 5.65 Å². The Hall–Kier alpha value is -1.49. The van der Waals surface area contributed by atoms with Crippen molar-refractivity contribution in [3.05, 3.63) is 18.1 Å². The van der Waals surface area contributed by atoms with Crippen molar-refractivity contribution >= 4 is 11.2 Å². The number of hydrogen-bond donors (Lipinski definition) is 2. The maximum absolute atomic E-state index is 8.65. The number of fused-ring (bicyclic) bond motifs is 1. The van der Waals surface area contributed by atoms with Crippen LogP contribution in [0.1, 0.15) is 5.82 Å². The van der Waals surface area contributed by atoms with Gasteiger partial charge in [0.2, 0.25) is 0 Å². The standard InChI is InChI=1S/C7H8N4O/c12-4-2-6-9-5-1-3-8-11-7(5)10-6/h1,3,12H,2,4H2,(H,9,10,11). The monoisotopic (exact) mass is 164 g/mol. The zero-order valence-electron chi connectivity index (χ0n) is 6.36. The van der Waals surface area contributed by atoms with Gasteiger partial charge in [0.05, 0.1) is 18.3 Å². The number of aromatic nitrogens is 4. The van der Waals surface area contributed by atoms with Crippen LogP contribution in [0.3, 0.4) is 0 Å². The Balaban J connectivity index is 2.47. The number of aromatic amines is 1. The molecule has 0 aliphatic rings. The highest BCUT2D eigenvalue weighted by Crippen LogP contribution is 2.05. The topological polar surface area (TPSA) is 74.7 Å². The number of hydrogen-bond acceptors (Lipinski definition) is 4. The predicted molar refractivity (Wildman–Crippen MR) is 42.5 cm³/mol. The molecular weight excluding hydrogens is 156 g/mol. The Morgan fingerprint density at radius 3 is 3.17 bits per heavy atom. The van der Waals surface area contributed by atoms with Gasteiger partial charge in [-0.2, -0.15) is 5.10 Å². The van der Waals surface area contributed by atoms with Gasteiger partial charge in [-0.15, -0.1) is 5.10 Å².